The number of rotatable bonds is 20. The van der Waals surface area contributed by atoms with Crippen molar-refractivity contribution in [3.05, 3.63) is 88.5 Å². The first-order valence-electron chi connectivity index (χ1n) is 27.7. The number of urea groups is 1. The number of hydrogen-bond donors (Lipinski definition) is 7. The van der Waals surface area contributed by atoms with Crippen molar-refractivity contribution in [1.29, 1.82) is 0 Å². The van der Waals surface area contributed by atoms with Gasteiger partial charge in [0, 0.05) is 75.8 Å². The Morgan fingerprint density at radius 2 is 1.66 bits per heavy atom. The molecular formula is C58H78ClN9O15. The van der Waals surface area contributed by atoms with Gasteiger partial charge >= 0.3 is 18.1 Å². The number of carbonyl (C=O) groups excluding carboxylic acids is 10. The smallest absolute Gasteiger partial charge is 0.409 e. The van der Waals surface area contributed by atoms with Crippen molar-refractivity contribution in [2.24, 2.45) is 11.7 Å². The maximum Gasteiger partial charge on any atom is 0.409 e. The van der Waals surface area contributed by atoms with Crippen molar-refractivity contribution in [1.82, 2.24) is 31.1 Å². The molecule has 2 aromatic rings. The number of methoxy groups -OCH3 is 1. The summed E-state index contributed by atoms with van der Waals surface area (Å²) in [6.45, 7) is 9.27. The Bertz CT molecular complexity index is 2790. The largest absolute Gasteiger partial charge is 0.495 e. The molecule has 452 valence electrons. The molecule has 6 rings (SSSR count). The van der Waals surface area contributed by atoms with Crippen molar-refractivity contribution < 1.29 is 72.0 Å². The van der Waals surface area contributed by atoms with Gasteiger partial charge in [-0.2, -0.15) is 0 Å². The number of esters is 1. The van der Waals surface area contributed by atoms with Crippen LogP contribution in [0.15, 0.2) is 72.4 Å². The molecule has 8 N–H and O–H groups in total. The molecule has 24 nitrogen and oxygen atoms in total. The van der Waals surface area contributed by atoms with Gasteiger partial charge in [-0.3, -0.25) is 43.8 Å². The summed E-state index contributed by atoms with van der Waals surface area (Å²) < 4.78 is 23.4. The number of amides is 10. The van der Waals surface area contributed by atoms with Gasteiger partial charge in [0.15, 0.2) is 0 Å². The second-order valence-corrected chi connectivity index (χ2v) is 21.4. The van der Waals surface area contributed by atoms with Crippen molar-refractivity contribution in [2.75, 3.05) is 51.1 Å². The summed E-state index contributed by atoms with van der Waals surface area (Å²) in [5.74, 6) is -4.69. The quantitative estimate of drug-likeness (QED) is 0.0409. The van der Waals surface area contributed by atoms with Gasteiger partial charge in [-0.05, 0) is 87.9 Å². The van der Waals surface area contributed by atoms with Crippen LogP contribution < -0.4 is 42.0 Å². The van der Waals surface area contributed by atoms with Gasteiger partial charge in [0.1, 0.15) is 46.9 Å². The average Bonchev–Trinajstić information content (AvgIpc) is 4.19. The molecule has 4 aliphatic rings. The van der Waals surface area contributed by atoms with Gasteiger partial charge in [-0.15, -0.1) is 0 Å². The highest BCUT2D eigenvalue weighted by atomic mass is 35.5. The number of aliphatic hydroxyl groups is 1. The Morgan fingerprint density at radius 1 is 0.976 bits per heavy atom. The summed E-state index contributed by atoms with van der Waals surface area (Å²) in [5.41, 5.74) is 5.93. The molecule has 10 amide bonds. The summed E-state index contributed by atoms with van der Waals surface area (Å²) in [7, 11) is 4.38. The lowest BCUT2D eigenvalue weighted by molar-refractivity contribution is -0.155. The second kappa shape index (κ2) is 31.0. The van der Waals surface area contributed by atoms with E-state index in [1.165, 1.54) is 75.9 Å². The number of nitrogens with two attached hydrogens (primary N) is 1. The van der Waals surface area contributed by atoms with Crippen molar-refractivity contribution >= 4 is 82.4 Å². The highest BCUT2D eigenvalue weighted by Gasteiger charge is 2.55. The van der Waals surface area contributed by atoms with Crippen molar-refractivity contribution in [3.63, 3.8) is 0 Å². The van der Waals surface area contributed by atoms with Crippen LogP contribution in [-0.2, 0) is 54.2 Å². The number of unbranched alkanes of at least 4 members (excludes halogenated alkanes) is 2. The third-order valence-electron chi connectivity index (χ3n) is 14.2. The zero-order valence-corrected chi connectivity index (χ0v) is 49.0. The molecule has 4 bridgehead atoms. The normalized spacial score (nSPS) is 23.0. The molecule has 25 heteroatoms. The maximum atomic E-state index is 14.3. The Balaban J connectivity index is 0.00000411. The lowest BCUT2D eigenvalue weighted by Crippen LogP contribution is -2.57. The molecule has 2 aromatic carbocycles. The van der Waals surface area contributed by atoms with E-state index in [2.05, 4.69) is 40.4 Å². The average molecular weight is 1180 g/mol. The van der Waals surface area contributed by atoms with E-state index in [4.69, 9.17) is 36.3 Å². The van der Waals surface area contributed by atoms with Crippen LogP contribution in [-0.4, -0.2) is 157 Å². The fourth-order valence-corrected chi connectivity index (χ4v) is 9.66. The molecule has 0 radical (unpaired) electrons. The summed E-state index contributed by atoms with van der Waals surface area (Å²) in [6.07, 6.45) is 6.63. The Morgan fingerprint density at radius 3 is 2.33 bits per heavy atom. The number of alkyl carbamates (subject to hydrolysis) is 1. The topological polar surface area (TPSA) is 327 Å². The van der Waals surface area contributed by atoms with Crippen LogP contribution in [0, 0.1) is 5.92 Å². The molecule has 0 aliphatic carbocycles. The van der Waals surface area contributed by atoms with Crippen LogP contribution in [0.2, 0.25) is 5.02 Å². The number of hydrogen-bond acceptors (Lipinski definition) is 15. The monoisotopic (exact) mass is 1180 g/mol. The number of primary amides is 1. The predicted octanol–water partition coefficient (Wildman–Crippen LogP) is 4.70. The van der Waals surface area contributed by atoms with Gasteiger partial charge in [-0.1, -0.05) is 69.0 Å². The Kier molecular flexibility index (Phi) is 24.6. The number of epoxide rings is 1. The predicted molar refractivity (Wildman–Crippen MR) is 307 cm³/mol. The first-order valence-corrected chi connectivity index (χ1v) is 28.1. The highest BCUT2D eigenvalue weighted by Crippen LogP contribution is 2.41. The van der Waals surface area contributed by atoms with E-state index < -0.39 is 109 Å². The number of nitrogens with one attached hydrogen (secondary N) is 5. The third-order valence-corrected chi connectivity index (χ3v) is 14.6. The summed E-state index contributed by atoms with van der Waals surface area (Å²) >= 11 is 6.79. The molecule has 4 unspecified atom stereocenters. The first kappa shape index (κ1) is 66.0. The first-order chi connectivity index (χ1) is 39.4. The molecule has 83 heavy (non-hydrogen) atoms. The number of ether oxygens (including phenoxy) is 4. The number of imide groups is 1. The molecule has 2 fully saturated rings. The molecule has 4 heterocycles. The van der Waals surface area contributed by atoms with Gasteiger partial charge in [0.25, 0.3) is 17.7 Å². The van der Waals surface area contributed by atoms with E-state index >= 15 is 0 Å². The molecule has 0 spiro atoms. The molecular weight excluding hydrogens is 1100 g/mol. The van der Waals surface area contributed by atoms with Crippen molar-refractivity contribution in [2.45, 2.75) is 147 Å². The van der Waals surface area contributed by atoms with Crippen molar-refractivity contribution in [3.8, 4) is 5.75 Å². The summed E-state index contributed by atoms with van der Waals surface area (Å²) in [6, 6.07) is 6.11. The fourth-order valence-electron chi connectivity index (χ4n) is 9.35. The third kappa shape index (κ3) is 19.4. The molecule has 0 aromatic heterocycles. The number of benzene rings is 2. The minimum atomic E-state index is -1.65. The number of halogens is 1. The van der Waals surface area contributed by atoms with Crippen LogP contribution >= 0.6 is 11.6 Å². The summed E-state index contributed by atoms with van der Waals surface area (Å²) in [4.78, 5) is 132. The maximum absolute atomic E-state index is 14.3. The van der Waals surface area contributed by atoms with Gasteiger partial charge < -0.3 is 60.9 Å². The van der Waals surface area contributed by atoms with Gasteiger partial charge in [0.2, 0.25) is 23.6 Å². The van der Waals surface area contributed by atoms with Crippen LogP contribution in [0.25, 0.3) is 0 Å². The van der Waals surface area contributed by atoms with E-state index in [-0.39, 0.29) is 73.3 Å². The number of anilines is 2. The summed E-state index contributed by atoms with van der Waals surface area (Å²) in [5, 5.41) is 24.4. The minimum Gasteiger partial charge on any atom is -0.495 e. The van der Waals surface area contributed by atoms with Crippen LogP contribution in [0.3, 0.4) is 0 Å². The number of likely N-dealkylation sites (N-methyl/N-ethyl adjacent to an activating group) is 1. The van der Waals surface area contributed by atoms with Crippen LogP contribution in [0.5, 0.6) is 5.75 Å². The zero-order valence-electron chi connectivity index (χ0n) is 48.3. The lowest BCUT2D eigenvalue weighted by Gasteiger charge is -2.38. The number of fused-ring (bicyclic) bond motifs is 5. The van der Waals surface area contributed by atoms with E-state index in [1.54, 1.807) is 31.2 Å². The molecule has 2 saturated heterocycles. The molecule has 4 aliphatic heterocycles. The van der Waals surface area contributed by atoms with Crippen LogP contribution in [0.4, 0.5) is 21.0 Å². The molecule has 8 atom stereocenters. The van der Waals surface area contributed by atoms with E-state index in [9.17, 15) is 53.1 Å². The standard InChI is InChI=1S/C55H70ClN9O15.C3H8/c1-31-13-9-10-22-55(76)29-41(79-54(75)62-55)32(2)48-49(80-48)40(28-46(70)64(5)38-26-34(25-31)27-39(77-6)47(38)56)78-52(73)33(3)63(4)51(72)35-16-18-36(19-17-35)60-50(71)37(14-12-23-58-53(57)74)61-43(67)30-59-42(66)15-8-7-11-24-65-44(68)20-21-45(65)69;1-3-2/h9-10,13,16-21,26-27,32-33,37,40-41,48-49,76H,7-8,11-12,14-15,22-25,28-30H2,1-6H3,(H,59,66)(H,60,71)(H,61,67)(H,62,75)(H3,57,58,74);3H2,1-2H3/b10-9+,31-13+;/t32-,33+,37?,40+,41?,48?,49?,55-;/m1./s1. The highest BCUT2D eigenvalue weighted by molar-refractivity contribution is 6.35. The Labute approximate surface area is 488 Å². The van der Waals surface area contributed by atoms with Gasteiger partial charge in [-0.25, -0.2) is 14.4 Å². The fraction of sp³-hybridized carbons (Fsp3) is 0.517. The second-order valence-electron chi connectivity index (χ2n) is 21.0. The zero-order chi connectivity index (χ0) is 61.1. The number of nitrogens with zero attached hydrogens (tertiary/aromatic N) is 3. The van der Waals surface area contributed by atoms with E-state index in [1.807, 2.05) is 13.0 Å². The Hall–Kier alpha value is -7.83. The minimum absolute atomic E-state index is 0.00577. The number of allylic oxidation sites excluding steroid dienone is 3. The van der Waals surface area contributed by atoms with Gasteiger partial charge in [0.05, 0.1) is 31.9 Å². The SMILES string of the molecule is CCC.COc1cc2cc(c1Cl)N(C)C(=O)C[C@H](OC(=O)[C@H](C)N(C)C(=O)c1ccc(NC(=O)C(CCCNC(N)=O)NC(=O)CNC(=O)CCCCCN3C(=O)C=CC3=O)cc1)C1OC1[C@H](C)C1C[C@](O)(C/C=C/C=C(\C)C2)NC(=O)O1. The van der Waals surface area contributed by atoms with E-state index in [0.29, 0.717) is 37.1 Å². The lowest BCUT2D eigenvalue weighted by atomic mass is 9.88. The number of carbonyl (C=O) groups is 10. The van der Waals surface area contributed by atoms with E-state index in [0.717, 1.165) is 20.9 Å². The van der Waals surface area contributed by atoms with Crippen LogP contribution in [0.1, 0.15) is 115 Å². The molecule has 0 saturated carbocycles.